The first-order chi connectivity index (χ1) is 14.2. The van der Waals surface area contributed by atoms with Gasteiger partial charge in [0.2, 0.25) is 0 Å². The van der Waals surface area contributed by atoms with E-state index < -0.39 is 0 Å². The molecule has 2 aromatic heterocycles. The summed E-state index contributed by atoms with van der Waals surface area (Å²) < 4.78 is 0. The number of carbonyl (C=O) groups is 1. The van der Waals surface area contributed by atoms with E-state index in [-0.39, 0.29) is 5.91 Å². The van der Waals surface area contributed by atoms with Crippen LogP contribution in [-0.2, 0) is 6.54 Å². The van der Waals surface area contributed by atoms with E-state index in [4.69, 9.17) is 0 Å². The van der Waals surface area contributed by atoms with E-state index in [0.717, 1.165) is 27.6 Å². The molecule has 0 saturated carbocycles. The third kappa shape index (κ3) is 4.33. The fourth-order valence-corrected chi connectivity index (χ4v) is 3.79. The first-order valence-electron chi connectivity index (χ1n) is 9.23. The van der Waals surface area contributed by atoms with Gasteiger partial charge in [-0.2, -0.15) is 0 Å². The lowest BCUT2D eigenvalue weighted by molar-refractivity contribution is 0.0951. The van der Waals surface area contributed by atoms with Gasteiger partial charge in [0.1, 0.15) is 5.01 Å². The van der Waals surface area contributed by atoms with Crippen molar-refractivity contribution < 1.29 is 4.79 Å². The average Bonchev–Trinajstić information content (AvgIpc) is 3.27. The lowest BCUT2D eigenvalue weighted by atomic mass is 10.1. The van der Waals surface area contributed by atoms with Gasteiger partial charge in [0.15, 0.2) is 0 Å². The molecule has 0 aliphatic carbocycles. The fraction of sp³-hybridized carbons (Fsp3) is 0.0870. The van der Waals surface area contributed by atoms with Crippen LogP contribution < -0.4 is 10.2 Å². The number of pyridine rings is 1. The minimum Gasteiger partial charge on any atom is -0.345 e. The maximum absolute atomic E-state index is 12.9. The molecule has 4 aromatic rings. The average molecular weight is 401 g/mol. The topological polar surface area (TPSA) is 58.1 Å². The van der Waals surface area contributed by atoms with Gasteiger partial charge in [0, 0.05) is 36.1 Å². The van der Waals surface area contributed by atoms with E-state index in [1.54, 1.807) is 12.4 Å². The second-order valence-corrected chi connectivity index (χ2v) is 7.40. The smallest absolute Gasteiger partial charge is 0.253 e. The zero-order valence-electron chi connectivity index (χ0n) is 15.9. The highest BCUT2D eigenvalue weighted by atomic mass is 32.1. The molecule has 0 saturated heterocycles. The number of nitrogens with one attached hydrogen (secondary N) is 1. The number of hydrogen-bond donors (Lipinski definition) is 1. The van der Waals surface area contributed by atoms with Crippen molar-refractivity contribution in [1.82, 2.24) is 15.3 Å². The molecule has 6 heteroatoms. The lowest BCUT2D eigenvalue weighted by Crippen LogP contribution is -2.25. The van der Waals surface area contributed by atoms with Gasteiger partial charge in [-0.25, -0.2) is 4.98 Å². The number of para-hydroxylation sites is 2. The number of thiazole rings is 1. The molecule has 144 valence electrons. The first kappa shape index (κ1) is 18.8. The molecule has 0 aliphatic rings. The molecule has 0 aliphatic heterocycles. The predicted molar refractivity (Wildman–Crippen MR) is 117 cm³/mol. The summed E-state index contributed by atoms with van der Waals surface area (Å²) >= 11 is 1.53. The summed E-state index contributed by atoms with van der Waals surface area (Å²) in [7, 11) is 1.96. The Hall–Kier alpha value is -3.51. The SMILES string of the molecule is CN(c1ccccc1)c1ccccc1C(=O)NCc1nc(-c2ccncc2)cs1. The predicted octanol–water partition coefficient (Wildman–Crippen LogP) is 4.90. The summed E-state index contributed by atoms with van der Waals surface area (Å²) in [6.07, 6.45) is 3.49. The van der Waals surface area contributed by atoms with E-state index in [2.05, 4.69) is 15.3 Å². The maximum atomic E-state index is 12.9. The number of benzene rings is 2. The number of hydrogen-bond acceptors (Lipinski definition) is 5. The Kier molecular flexibility index (Phi) is 5.63. The molecule has 0 spiro atoms. The minimum atomic E-state index is -0.121. The van der Waals surface area contributed by atoms with Gasteiger partial charge in [0.25, 0.3) is 5.91 Å². The van der Waals surface area contributed by atoms with Crippen LogP contribution >= 0.6 is 11.3 Å². The molecule has 29 heavy (non-hydrogen) atoms. The van der Waals surface area contributed by atoms with E-state index >= 15 is 0 Å². The van der Waals surface area contributed by atoms with Gasteiger partial charge in [-0.15, -0.1) is 11.3 Å². The molecule has 1 amide bonds. The molecule has 0 fully saturated rings. The van der Waals surface area contributed by atoms with E-state index in [1.807, 2.05) is 84.1 Å². The van der Waals surface area contributed by atoms with Crippen LogP contribution in [0.25, 0.3) is 11.3 Å². The van der Waals surface area contributed by atoms with Crippen LogP contribution in [-0.4, -0.2) is 22.9 Å². The molecule has 0 radical (unpaired) electrons. The molecule has 1 N–H and O–H groups in total. The Morgan fingerprint density at radius 3 is 2.52 bits per heavy atom. The van der Waals surface area contributed by atoms with Crippen LogP contribution in [0, 0.1) is 0 Å². The molecule has 5 nitrogen and oxygen atoms in total. The Morgan fingerprint density at radius 1 is 1.00 bits per heavy atom. The summed E-state index contributed by atoms with van der Waals surface area (Å²) in [5.74, 6) is -0.121. The normalized spacial score (nSPS) is 10.5. The van der Waals surface area contributed by atoms with Gasteiger partial charge < -0.3 is 10.2 Å². The number of anilines is 2. The van der Waals surface area contributed by atoms with Crippen LogP contribution in [0.1, 0.15) is 15.4 Å². The van der Waals surface area contributed by atoms with Crippen LogP contribution in [0.5, 0.6) is 0 Å². The summed E-state index contributed by atoms with van der Waals surface area (Å²) in [4.78, 5) is 23.5. The zero-order valence-corrected chi connectivity index (χ0v) is 16.8. The molecule has 2 aromatic carbocycles. The Balaban J connectivity index is 1.48. The summed E-state index contributed by atoms with van der Waals surface area (Å²) in [5, 5.41) is 5.85. The van der Waals surface area contributed by atoms with Crippen molar-refractivity contribution >= 4 is 28.6 Å². The lowest BCUT2D eigenvalue weighted by Gasteiger charge is -2.22. The molecular weight excluding hydrogens is 380 g/mol. The molecular formula is C23H20N4OS. The Labute approximate surface area is 173 Å². The fourth-order valence-electron chi connectivity index (χ4n) is 3.05. The van der Waals surface area contributed by atoms with Gasteiger partial charge in [-0.3, -0.25) is 9.78 Å². The van der Waals surface area contributed by atoms with Crippen LogP contribution in [0.15, 0.2) is 84.5 Å². The second-order valence-electron chi connectivity index (χ2n) is 6.46. The Bertz CT molecular complexity index is 1100. The highest BCUT2D eigenvalue weighted by Gasteiger charge is 2.15. The summed E-state index contributed by atoms with van der Waals surface area (Å²) in [6.45, 7) is 0.387. The van der Waals surface area contributed by atoms with Crippen LogP contribution in [0.4, 0.5) is 11.4 Å². The highest BCUT2D eigenvalue weighted by Crippen LogP contribution is 2.27. The summed E-state index contributed by atoms with van der Waals surface area (Å²) in [6, 6.07) is 21.4. The highest BCUT2D eigenvalue weighted by molar-refractivity contribution is 7.09. The molecule has 0 unspecified atom stereocenters. The molecule has 0 bridgehead atoms. The zero-order chi connectivity index (χ0) is 20.1. The van der Waals surface area contributed by atoms with Crippen LogP contribution in [0.3, 0.4) is 0 Å². The standard InChI is InChI=1S/C23H20N4OS/c1-27(18-7-3-2-4-8-18)21-10-6-5-9-19(21)23(28)25-15-22-26-20(16-29-22)17-11-13-24-14-12-17/h2-14,16H,15H2,1H3,(H,25,28). The molecule has 4 rings (SSSR count). The third-order valence-corrected chi connectivity index (χ3v) is 5.43. The summed E-state index contributed by atoms with van der Waals surface area (Å²) in [5.41, 5.74) is 4.42. The third-order valence-electron chi connectivity index (χ3n) is 4.58. The van der Waals surface area contributed by atoms with Crippen molar-refractivity contribution in [3.8, 4) is 11.3 Å². The van der Waals surface area contributed by atoms with Gasteiger partial charge in [0.05, 0.1) is 23.5 Å². The Morgan fingerprint density at radius 2 is 1.72 bits per heavy atom. The van der Waals surface area contributed by atoms with Crippen molar-refractivity contribution in [3.05, 3.63) is 95.1 Å². The number of amides is 1. The number of aromatic nitrogens is 2. The largest absolute Gasteiger partial charge is 0.345 e. The van der Waals surface area contributed by atoms with E-state index in [9.17, 15) is 4.79 Å². The van der Waals surface area contributed by atoms with Crippen LogP contribution in [0.2, 0.25) is 0 Å². The quantitative estimate of drug-likeness (QED) is 0.500. The molecule has 0 atom stereocenters. The van der Waals surface area contributed by atoms with Crippen molar-refractivity contribution in [3.63, 3.8) is 0 Å². The maximum Gasteiger partial charge on any atom is 0.253 e. The number of carbonyl (C=O) groups excluding carboxylic acids is 1. The van der Waals surface area contributed by atoms with Crippen molar-refractivity contribution in [1.29, 1.82) is 0 Å². The van der Waals surface area contributed by atoms with Gasteiger partial charge >= 0.3 is 0 Å². The second kappa shape index (κ2) is 8.67. The van der Waals surface area contributed by atoms with Gasteiger partial charge in [-0.05, 0) is 36.4 Å². The number of rotatable bonds is 6. The van der Waals surface area contributed by atoms with Crippen molar-refractivity contribution in [2.24, 2.45) is 0 Å². The van der Waals surface area contributed by atoms with Gasteiger partial charge in [-0.1, -0.05) is 30.3 Å². The molecule has 2 heterocycles. The van der Waals surface area contributed by atoms with Crippen molar-refractivity contribution in [2.75, 3.05) is 11.9 Å². The van der Waals surface area contributed by atoms with E-state index in [1.165, 1.54) is 11.3 Å². The van der Waals surface area contributed by atoms with Crippen molar-refractivity contribution in [2.45, 2.75) is 6.54 Å². The van der Waals surface area contributed by atoms with E-state index in [0.29, 0.717) is 12.1 Å². The monoisotopic (exact) mass is 400 g/mol. The first-order valence-corrected chi connectivity index (χ1v) is 10.1. The minimum absolute atomic E-state index is 0.121. The number of nitrogens with zero attached hydrogens (tertiary/aromatic N) is 3.